The quantitative estimate of drug-likeness (QED) is 0.511. The van der Waals surface area contributed by atoms with Gasteiger partial charge >= 0.3 is 5.91 Å². The van der Waals surface area contributed by atoms with Gasteiger partial charge in [-0.25, -0.2) is 0 Å². The molecule has 3 aromatic rings. The van der Waals surface area contributed by atoms with Gasteiger partial charge in [0.2, 0.25) is 5.88 Å². The van der Waals surface area contributed by atoms with E-state index in [0.29, 0.717) is 23.1 Å². The van der Waals surface area contributed by atoms with Gasteiger partial charge in [-0.2, -0.15) is 0 Å². The normalized spacial score (nSPS) is 15.4. The van der Waals surface area contributed by atoms with Gasteiger partial charge in [0, 0.05) is 10.4 Å². The highest BCUT2D eigenvalue weighted by molar-refractivity contribution is 6.30. The molecule has 1 aromatic heterocycles. The highest BCUT2D eigenvalue weighted by Gasteiger charge is 2.19. The predicted octanol–water partition coefficient (Wildman–Crippen LogP) is 5.52. The zero-order valence-corrected chi connectivity index (χ0v) is 18.0. The summed E-state index contributed by atoms with van der Waals surface area (Å²) in [5, 5.41) is 20.1. The lowest BCUT2D eigenvalue weighted by molar-refractivity contribution is -0.120. The molecule has 0 bridgehead atoms. The second kappa shape index (κ2) is 9.94. The van der Waals surface area contributed by atoms with Crippen LogP contribution in [-0.4, -0.2) is 40.2 Å². The molecular formula is C23H25ClN4O3. The Morgan fingerprint density at radius 3 is 2.48 bits per heavy atom. The Morgan fingerprint density at radius 1 is 1.03 bits per heavy atom. The molecule has 2 aromatic carbocycles. The van der Waals surface area contributed by atoms with Crippen LogP contribution in [0.3, 0.4) is 0 Å². The summed E-state index contributed by atoms with van der Waals surface area (Å²) in [4.78, 5) is 14.5. The monoisotopic (exact) mass is 440 g/mol. The number of carbonyl (C=O) groups is 1. The summed E-state index contributed by atoms with van der Waals surface area (Å²) in [6.07, 6.45) is 4.81. The number of rotatable bonds is 6. The number of benzene rings is 2. The minimum Gasteiger partial charge on any atom is -0.493 e. The fourth-order valence-electron chi connectivity index (χ4n) is 3.80. The molecule has 1 aliphatic rings. The van der Waals surface area contributed by atoms with Crippen LogP contribution in [0.5, 0.6) is 11.6 Å². The Balaban J connectivity index is 1.50. The van der Waals surface area contributed by atoms with Crippen LogP contribution in [-0.2, 0) is 11.5 Å². The molecule has 1 amide bonds. The summed E-state index contributed by atoms with van der Waals surface area (Å²) in [5.74, 6) is -0.0100. The number of aromatic hydroxyl groups is 1. The van der Waals surface area contributed by atoms with E-state index in [9.17, 15) is 9.90 Å². The van der Waals surface area contributed by atoms with E-state index in [-0.39, 0.29) is 12.5 Å². The number of azo groups is 1. The van der Waals surface area contributed by atoms with Crippen molar-refractivity contribution in [1.29, 1.82) is 0 Å². The number of hydrogen-bond donors (Lipinski definition) is 1. The van der Waals surface area contributed by atoms with Crippen molar-refractivity contribution >= 4 is 34.1 Å². The molecule has 0 unspecified atom stereocenters. The third-order valence-corrected chi connectivity index (χ3v) is 5.65. The van der Waals surface area contributed by atoms with Crippen molar-refractivity contribution < 1.29 is 14.6 Å². The summed E-state index contributed by atoms with van der Waals surface area (Å²) in [6.45, 7) is 2.33. The first kappa shape index (κ1) is 21.3. The van der Waals surface area contributed by atoms with Gasteiger partial charge in [-0.05, 0) is 56.3 Å². The van der Waals surface area contributed by atoms with Crippen molar-refractivity contribution in [2.24, 2.45) is 10.2 Å². The molecule has 0 spiro atoms. The van der Waals surface area contributed by atoms with Crippen molar-refractivity contribution in [3.63, 3.8) is 0 Å². The van der Waals surface area contributed by atoms with Crippen molar-refractivity contribution in [3.05, 3.63) is 53.6 Å². The summed E-state index contributed by atoms with van der Waals surface area (Å²) in [7, 11) is 0. The first-order chi connectivity index (χ1) is 15.1. The second-order valence-corrected chi connectivity index (χ2v) is 8.06. The number of para-hydroxylation sites is 1. The van der Waals surface area contributed by atoms with E-state index >= 15 is 0 Å². The number of hydrogen-bond acceptors (Lipinski definition) is 5. The van der Waals surface area contributed by atoms with Gasteiger partial charge in [-0.3, -0.25) is 14.3 Å². The lowest BCUT2D eigenvalue weighted by Crippen LogP contribution is -2.27. The van der Waals surface area contributed by atoms with E-state index in [1.165, 1.54) is 12.8 Å². The van der Waals surface area contributed by atoms with Crippen LogP contribution in [0.1, 0.15) is 25.7 Å². The number of nitrogens with zero attached hydrogens (tertiary/aromatic N) is 4. The minimum absolute atomic E-state index is 0.0145. The van der Waals surface area contributed by atoms with E-state index in [4.69, 9.17) is 16.3 Å². The zero-order chi connectivity index (χ0) is 21.6. The number of halogens is 1. The first-order valence-corrected chi connectivity index (χ1v) is 10.8. The van der Waals surface area contributed by atoms with Crippen molar-refractivity contribution in [2.75, 3.05) is 19.7 Å². The molecule has 8 heteroatoms. The largest absolute Gasteiger partial charge is 0.493 e. The Bertz CT molecular complexity index is 1070. The van der Waals surface area contributed by atoms with Crippen LogP contribution in [0.15, 0.2) is 58.8 Å². The SMILES string of the molecule is O=C(COc1ccc(Cl)cc1)N=Nc1c(O)n(CN2CCCCCC2)c2ccccc12. The lowest BCUT2D eigenvalue weighted by atomic mass is 10.2. The van der Waals surface area contributed by atoms with Crippen LogP contribution < -0.4 is 4.74 Å². The molecule has 0 atom stereocenters. The smallest absolute Gasteiger partial charge is 0.302 e. The molecule has 1 fully saturated rings. The summed E-state index contributed by atoms with van der Waals surface area (Å²) in [6, 6.07) is 14.3. The van der Waals surface area contributed by atoms with Gasteiger partial charge in [-0.15, -0.1) is 10.2 Å². The summed E-state index contributed by atoms with van der Waals surface area (Å²) >= 11 is 5.84. The standard InChI is InChI=1S/C23H25ClN4O3/c24-17-9-11-18(12-10-17)31-15-21(29)25-26-22-19-7-3-4-8-20(19)28(23(22)30)16-27-13-5-1-2-6-14-27/h3-4,7-12,30H,1-2,5-6,13-16H2. The molecule has 2 heterocycles. The van der Waals surface area contributed by atoms with Gasteiger partial charge in [0.05, 0.1) is 12.2 Å². The average Bonchev–Trinajstić information content (AvgIpc) is 2.93. The maximum atomic E-state index is 12.2. The van der Waals surface area contributed by atoms with Crippen LogP contribution in [0.25, 0.3) is 10.9 Å². The van der Waals surface area contributed by atoms with Gasteiger partial charge < -0.3 is 9.84 Å². The second-order valence-electron chi connectivity index (χ2n) is 7.63. The molecule has 31 heavy (non-hydrogen) atoms. The lowest BCUT2D eigenvalue weighted by Gasteiger charge is -2.21. The van der Waals surface area contributed by atoms with Gasteiger partial charge in [0.15, 0.2) is 12.3 Å². The Morgan fingerprint density at radius 2 is 1.74 bits per heavy atom. The van der Waals surface area contributed by atoms with E-state index in [1.54, 1.807) is 24.3 Å². The van der Waals surface area contributed by atoms with Gasteiger partial charge in [0.1, 0.15) is 5.75 Å². The molecule has 1 N–H and O–H groups in total. The van der Waals surface area contributed by atoms with Crippen molar-refractivity contribution in [3.8, 4) is 11.6 Å². The van der Waals surface area contributed by atoms with Crippen molar-refractivity contribution in [2.45, 2.75) is 32.4 Å². The molecule has 1 saturated heterocycles. The molecule has 0 radical (unpaired) electrons. The Hall–Kier alpha value is -2.90. The maximum Gasteiger partial charge on any atom is 0.302 e. The molecule has 0 aliphatic carbocycles. The average molecular weight is 441 g/mol. The Labute approximate surface area is 185 Å². The molecule has 0 saturated carbocycles. The van der Waals surface area contributed by atoms with Crippen LogP contribution in [0.4, 0.5) is 5.69 Å². The highest BCUT2D eigenvalue weighted by Crippen LogP contribution is 2.39. The van der Waals surface area contributed by atoms with E-state index < -0.39 is 5.91 Å². The van der Waals surface area contributed by atoms with E-state index in [0.717, 1.165) is 36.8 Å². The van der Waals surface area contributed by atoms with Crippen molar-refractivity contribution in [1.82, 2.24) is 9.47 Å². The maximum absolute atomic E-state index is 12.2. The number of amides is 1. The number of aromatic nitrogens is 1. The first-order valence-electron chi connectivity index (χ1n) is 10.5. The Kier molecular flexibility index (Phi) is 6.84. The summed E-state index contributed by atoms with van der Waals surface area (Å²) < 4.78 is 7.25. The number of fused-ring (bicyclic) bond motifs is 1. The third kappa shape index (κ3) is 5.24. The third-order valence-electron chi connectivity index (χ3n) is 5.40. The molecular weight excluding hydrogens is 416 g/mol. The van der Waals surface area contributed by atoms with E-state index in [2.05, 4.69) is 15.1 Å². The topological polar surface area (TPSA) is 79.4 Å². The molecule has 1 aliphatic heterocycles. The molecule has 162 valence electrons. The fourth-order valence-corrected chi connectivity index (χ4v) is 3.93. The predicted molar refractivity (Wildman–Crippen MR) is 120 cm³/mol. The molecule has 4 rings (SSSR count). The number of carbonyl (C=O) groups excluding carboxylic acids is 1. The number of ether oxygens (including phenoxy) is 1. The highest BCUT2D eigenvalue weighted by atomic mass is 35.5. The van der Waals surface area contributed by atoms with Crippen LogP contribution in [0.2, 0.25) is 5.02 Å². The van der Waals surface area contributed by atoms with Crippen LogP contribution in [0, 0.1) is 0 Å². The summed E-state index contributed by atoms with van der Waals surface area (Å²) in [5.41, 5.74) is 1.16. The molecule has 7 nitrogen and oxygen atoms in total. The number of likely N-dealkylation sites (tertiary alicyclic amines) is 1. The van der Waals surface area contributed by atoms with Gasteiger partial charge in [0.25, 0.3) is 0 Å². The fraction of sp³-hybridized carbons (Fsp3) is 0.348. The minimum atomic E-state index is -0.543. The van der Waals surface area contributed by atoms with Gasteiger partial charge in [-0.1, -0.05) is 42.6 Å². The van der Waals surface area contributed by atoms with Crippen LogP contribution >= 0.6 is 11.6 Å². The van der Waals surface area contributed by atoms with E-state index in [1.807, 2.05) is 28.8 Å². The zero-order valence-electron chi connectivity index (χ0n) is 17.2.